The number of aliphatic hydroxyl groups is 1. The van der Waals surface area contributed by atoms with Crippen molar-refractivity contribution in [2.75, 3.05) is 0 Å². The van der Waals surface area contributed by atoms with Crippen LogP contribution < -0.4 is 10.3 Å². The Kier molecular flexibility index (Phi) is 6.53. The first kappa shape index (κ1) is 25.3. The molecule has 196 valence electrons. The number of aromatic nitrogens is 6. The van der Waals surface area contributed by atoms with E-state index in [2.05, 4.69) is 20.2 Å². The van der Waals surface area contributed by atoms with E-state index in [1.54, 1.807) is 74.6 Å². The van der Waals surface area contributed by atoms with E-state index in [-0.39, 0.29) is 17.9 Å². The summed E-state index contributed by atoms with van der Waals surface area (Å²) in [5, 5.41) is 17.3. The van der Waals surface area contributed by atoms with Crippen molar-refractivity contribution in [3.8, 4) is 16.9 Å². The molecule has 0 aliphatic carbocycles. The average molecular weight is 521 g/mol. The van der Waals surface area contributed by atoms with E-state index in [0.29, 0.717) is 34.3 Å². The van der Waals surface area contributed by atoms with Gasteiger partial charge in [-0.3, -0.25) is 19.3 Å². The number of alkyl halides is 2. The first-order valence-corrected chi connectivity index (χ1v) is 11.9. The lowest BCUT2D eigenvalue weighted by atomic mass is 10.0. The summed E-state index contributed by atoms with van der Waals surface area (Å²) in [6.45, 7) is 0.339. The number of halogens is 2. The Balaban J connectivity index is 1.56. The fourth-order valence-electron chi connectivity index (χ4n) is 4.38. The first-order valence-electron chi connectivity index (χ1n) is 11.9. The van der Waals surface area contributed by atoms with Crippen LogP contribution in [0.25, 0.3) is 22.0 Å². The van der Waals surface area contributed by atoms with E-state index < -0.39 is 12.2 Å². The highest BCUT2D eigenvalue weighted by atomic mass is 19.3. The minimum absolute atomic E-state index is 0.0389. The van der Waals surface area contributed by atoms with Crippen LogP contribution in [0.1, 0.15) is 36.4 Å². The maximum absolute atomic E-state index is 13.2. The number of fused-ring (bicyclic) bond motifs is 1. The molecular formula is C27H26F2N6O3. The quantitative estimate of drug-likeness (QED) is 0.320. The molecule has 0 spiro atoms. The Hall–Kier alpha value is -4.38. The predicted octanol–water partition coefficient (Wildman–Crippen LogP) is 3.99. The third-order valence-corrected chi connectivity index (χ3v) is 6.32. The molecule has 0 unspecified atom stereocenters. The second kappa shape index (κ2) is 9.82. The molecule has 0 bridgehead atoms. The van der Waals surface area contributed by atoms with Crippen LogP contribution in [-0.4, -0.2) is 41.2 Å². The molecule has 2 N–H and O–H groups in total. The van der Waals surface area contributed by atoms with Gasteiger partial charge in [-0.2, -0.15) is 13.9 Å². The largest absolute Gasteiger partial charge is 0.434 e. The molecule has 3 aromatic heterocycles. The zero-order valence-corrected chi connectivity index (χ0v) is 21.0. The highest BCUT2D eigenvalue weighted by Crippen LogP contribution is 2.28. The van der Waals surface area contributed by atoms with E-state index >= 15 is 0 Å². The van der Waals surface area contributed by atoms with Crippen LogP contribution in [0.3, 0.4) is 0 Å². The van der Waals surface area contributed by atoms with Gasteiger partial charge in [0.1, 0.15) is 11.4 Å². The molecule has 0 fully saturated rings. The summed E-state index contributed by atoms with van der Waals surface area (Å²) >= 11 is 0. The zero-order valence-electron chi connectivity index (χ0n) is 21.0. The minimum atomic E-state index is -2.99. The standard InChI is InChI=1S/C27H26F2N6O3/c1-27(2,37)25-30-13-20(14-31-25)18-5-6-21-22(10-18)35(34(3)24(21)36)15-19-9-16(8-17-11-32-33-12-17)4-7-23(19)38-26(28)29/h4-7,9-14,26,37H,8,15H2,1-3H3,(H,32,33). The molecule has 0 atom stereocenters. The number of ether oxygens (including phenoxy) is 1. The number of rotatable bonds is 8. The molecule has 2 aromatic carbocycles. The van der Waals surface area contributed by atoms with Crippen LogP contribution in [0.5, 0.6) is 5.75 Å². The Morgan fingerprint density at radius 2 is 1.82 bits per heavy atom. The monoisotopic (exact) mass is 520 g/mol. The van der Waals surface area contributed by atoms with Gasteiger partial charge in [-0.1, -0.05) is 12.1 Å². The van der Waals surface area contributed by atoms with Crippen LogP contribution >= 0.6 is 0 Å². The number of aromatic amines is 1. The molecule has 0 radical (unpaired) electrons. The summed E-state index contributed by atoms with van der Waals surface area (Å²) in [6.07, 6.45) is 7.24. The van der Waals surface area contributed by atoms with Gasteiger partial charge in [0.05, 0.1) is 23.6 Å². The number of hydrogen-bond acceptors (Lipinski definition) is 6. The number of H-pyrrole nitrogens is 1. The minimum Gasteiger partial charge on any atom is -0.434 e. The van der Waals surface area contributed by atoms with Gasteiger partial charge >= 0.3 is 6.61 Å². The number of hydrogen-bond donors (Lipinski definition) is 2. The second-order valence-corrected chi connectivity index (χ2v) is 9.58. The van der Waals surface area contributed by atoms with Crippen LogP contribution in [0.4, 0.5) is 8.78 Å². The zero-order chi connectivity index (χ0) is 27.0. The van der Waals surface area contributed by atoms with Crippen molar-refractivity contribution in [1.29, 1.82) is 0 Å². The Labute approximate surface area is 216 Å². The van der Waals surface area contributed by atoms with Gasteiger partial charge in [-0.05, 0) is 54.8 Å². The van der Waals surface area contributed by atoms with Crippen molar-refractivity contribution in [1.82, 2.24) is 29.5 Å². The lowest BCUT2D eigenvalue weighted by Crippen LogP contribution is -2.20. The fraction of sp³-hybridized carbons (Fsp3) is 0.259. The molecule has 0 aliphatic heterocycles. The van der Waals surface area contributed by atoms with Crippen LogP contribution in [0.15, 0.2) is 66.0 Å². The summed E-state index contributed by atoms with van der Waals surface area (Å²) in [5.74, 6) is 0.331. The van der Waals surface area contributed by atoms with E-state index in [0.717, 1.165) is 16.7 Å². The summed E-state index contributed by atoms with van der Waals surface area (Å²) in [6, 6.07) is 10.4. The van der Waals surface area contributed by atoms with Gasteiger partial charge in [0.15, 0.2) is 5.82 Å². The highest BCUT2D eigenvalue weighted by Gasteiger charge is 2.20. The summed E-state index contributed by atoms with van der Waals surface area (Å²) < 4.78 is 34.4. The van der Waals surface area contributed by atoms with Gasteiger partial charge in [0, 0.05) is 43.2 Å². The maximum Gasteiger partial charge on any atom is 0.387 e. The van der Waals surface area contributed by atoms with Crippen LogP contribution in [0.2, 0.25) is 0 Å². The van der Waals surface area contributed by atoms with Crippen molar-refractivity contribution in [3.63, 3.8) is 0 Å². The van der Waals surface area contributed by atoms with Crippen molar-refractivity contribution in [2.24, 2.45) is 7.05 Å². The van der Waals surface area contributed by atoms with Crippen molar-refractivity contribution in [3.05, 3.63) is 94.1 Å². The van der Waals surface area contributed by atoms with Crippen molar-refractivity contribution < 1.29 is 18.6 Å². The van der Waals surface area contributed by atoms with Crippen molar-refractivity contribution in [2.45, 2.75) is 39.0 Å². The van der Waals surface area contributed by atoms with Gasteiger partial charge in [-0.25, -0.2) is 9.97 Å². The lowest BCUT2D eigenvalue weighted by molar-refractivity contribution is -0.0505. The van der Waals surface area contributed by atoms with Gasteiger partial charge in [0.25, 0.3) is 5.56 Å². The average Bonchev–Trinajstić information content (AvgIpc) is 3.47. The molecule has 0 saturated heterocycles. The predicted molar refractivity (Wildman–Crippen MR) is 137 cm³/mol. The van der Waals surface area contributed by atoms with Gasteiger partial charge in [-0.15, -0.1) is 0 Å². The summed E-state index contributed by atoms with van der Waals surface area (Å²) in [7, 11) is 1.63. The normalized spacial score (nSPS) is 12.0. The molecule has 0 aliphatic rings. The molecule has 38 heavy (non-hydrogen) atoms. The van der Waals surface area contributed by atoms with E-state index in [1.165, 1.54) is 10.7 Å². The number of benzene rings is 2. The SMILES string of the molecule is Cn1c(=O)c2ccc(-c3cnc(C(C)(C)O)nc3)cc2n1Cc1cc(Cc2cn[nH]c2)ccc1OC(F)F. The first-order chi connectivity index (χ1) is 18.1. The molecule has 11 heteroatoms. The van der Waals surface area contributed by atoms with E-state index in [1.807, 2.05) is 6.07 Å². The van der Waals surface area contributed by atoms with Gasteiger partial charge in [0.2, 0.25) is 0 Å². The van der Waals surface area contributed by atoms with Crippen LogP contribution in [0, 0.1) is 0 Å². The lowest BCUT2D eigenvalue weighted by Gasteiger charge is -2.16. The van der Waals surface area contributed by atoms with Crippen molar-refractivity contribution >= 4 is 10.9 Å². The maximum atomic E-state index is 13.2. The number of nitrogens with zero attached hydrogens (tertiary/aromatic N) is 5. The molecule has 0 amide bonds. The molecule has 0 saturated carbocycles. The van der Waals surface area contributed by atoms with Crippen LogP contribution in [-0.2, 0) is 25.6 Å². The number of nitrogens with one attached hydrogen (secondary N) is 1. The summed E-state index contributed by atoms with van der Waals surface area (Å²) in [5.41, 5.74) is 3.02. The molecule has 5 aromatic rings. The highest BCUT2D eigenvalue weighted by molar-refractivity contribution is 5.84. The Morgan fingerprint density at radius 3 is 2.47 bits per heavy atom. The van der Waals surface area contributed by atoms with E-state index in [4.69, 9.17) is 4.74 Å². The third-order valence-electron chi connectivity index (χ3n) is 6.32. The molecular weight excluding hydrogens is 494 g/mol. The summed E-state index contributed by atoms with van der Waals surface area (Å²) in [4.78, 5) is 21.6. The Bertz CT molecular complexity index is 1630. The second-order valence-electron chi connectivity index (χ2n) is 9.58. The van der Waals surface area contributed by atoms with Gasteiger partial charge < -0.3 is 9.84 Å². The Morgan fingerprint density at radius 1 is 1.05 bits per heavy atom. The topological polar surface area (TPSA) is 111 Å². The fourth-order valence-corrected chi connectivity index (χ4v) is 4.38. The molecule has 9 nitrogen and oxygen atoms in total. The molecule has 3 heterocycles. The smallest absolute Gasteiger partial charge is 0.387 e. The van der Waals surface area contributed by atoms with E-state index in [9.17, 15) is 18.7 Å². The molecule has 5 rings (SSSR count). The third kappa shape index (κ3) is 5.05.